The van der Waals surface area contributed by atoms with E-state index in [-0.39, 0.29) is 11.4 Å². The van der Waals surface area contributed by atoms with Gasteiger partial charge in [0.2, 0.25) is 0 Å². The van der Waals surface area contributed by atoms with Crippen LogP contribution in [0.2, 0.25) is 0 Å². The predicted molar refractivity (Wildman–Crippen MR) is 104 cm³/mol. The van der Waals surface area contributed by atoms with Crippen LogP contribution in [0.4, 0.5) is 11.4 Å². The number of aryl methyl sites for hydroxylation is 1. The van der Waals surface area contributed by atoms with Crippen LogP contribution in [-0.2, 0) is 14.3 Å². The second-order valence-electron chi connectivity index (χ2n) is 5.89. The molecule has 2 aromatic rings. The molecule has 0 spiro atoms. The standard InChI is InChI=1S/C19H20N2O5S/c1-12-9-10-16(21(24)25)18(13(12)2)20-17(22)11-26-19(23)14(3)27-15-7-5-4-6-8-15/h4-10,14H,11H2,1-3H3,(H,20,22)/t14-/m1/s1. The minimum atomic E-state index is -0.628. The maximum absolute atomic E-state index is 12.1. The molecule has 0 saturated carbocycles. The quantitative estimate of drug-likeness (QED) is 0.335. The lowest BCUT2D eigenvalue weighted by Crippen LogP contribution is -2.25. The normalized spacial score (nSPS) is 11.5. The van der Waals surface area contributed by atoms with Gasteiger partial charge in [-0.25, -0.2) is 0 Å². The molecular weight excluding hydrogens is 368 g/mol. The van der Waals surface area contributed by atoms with E-state index in [0.29, 0.717) is 5.56 Å². The summed E-state index contributed by atoms with van der Waals surface area (Å²) in [4.78, 5) is 35.7. The predicted octanol–water partition coefficient (Wildman–Crippen LogP) is 3.87. The Balaban J connectivity index is 1.95. The lowest BCUT2D eigenvalue weighted by atomic mass is 10.1. The Morgan fingerprint density at radius 1 is 1.19 bits per heavy atom. The van der Waals surface area contributed by atoms with E-state index in [1.54, 1.807) is 26.8 Å². The summed E-state index contributed by atoms with van der Waals surface area (Å²) in [5.74, 6) is -1.16. The number of esters is 1. The van der Waals surface area contributed by atoms with Crippen molar-refractivity contribution in [2.45, 2.75) is 30.9 Å². The van der Waals surface area contributed by atoms with Crippen molar-refractivity contribution in [3.63, 3.8) is 0 Å². The molecule has 27 heavy (non-hydrogen) atoms. The van der Waals surface area contributed by atoms with Gasteiger partial charge in [0.25, 0.3) is 11.6 Å². The van der Waals surface area contributed by atoms with Crippen molar-refractivity contribution >= 4 is 35.0 Å². The zero-order valence-corrected chi connectivity index (χ0v) is 16.0. The summed E-state index contributed by atoms with van der Waals surface area (Å²) < 4.78 is 5.04. The average Bonchev–Trinajstić information content (AvgIpc) is 2.64. The van der Waals surface area contributed by atoms with E-state index in [4.69, 9.17) is 4.74 Å². The molecular formula is C19H20N2O5S. The van der Waals surface area contributed by atoms with Crippen LogP contribution < -0.4 is 5.32 Å². The Morgan fingerprint density at radius 2 is 1.85 bits per heavy atom. The number of nitrogens with zero attached hydrogens (tertiary/aromatic N) is 1. The Labute approximate surface area is 161 Å². The smallest absolute Gasteiger partial charge is 0.319 e. The number of rotatable bonds is 7. The van der Waals surface area contributed by atoms with Crippen LogP contribution in [-0.4, -0.2) is 28.7 Å². The van der Waals surface area contributed by atoms with Crippen LogP contribution in [0.25, 0.3) is 0 Å². The van der Waals surface area contributed by atoms with E-state index < -0.39 is 28.7 Å². The first-order valence-corrected chi connectivity index (χ1v) is 9.10. The van der Waals surface area contributed by atoms with E-state index in [9.17, 15) is 19.7 Å². The number of benzene rings is 2. The lowest BCUT2D eigenvalue weighted by Gasteiger charge is -2.13. The molecule has 142 valence electrons. The van der Waals surface area contributed by atoms with Gasteiger partial charge in [-0.1, -0.05) is 24.3 Å². The Morgan fingerprint density at radius 3 is 2.48 bits per heavy atom. The van der Waals surface area contributed by atoms with Gasteiger partial charge in [-0.15, -0.1) is 11.8 Å². The van der Waals surface area contributed by atoms with Crippen LogP contribution >= 0.6 is 11.8 Å². The number of anilines is 1. The number of nitrogens with one attached hydrogen (secondary N) is 1. The molecule has 1 atom stereocenters. The van der Waals surface area contributed by atoms with Gasteiger partial charge in [0.05, 0.1) is 4.92 Å². The number of amides is 1. The third-order valence-corrected chi connectivity index (χ3v) is 5.00. The summed E-state index contributed by atoms with van der Waals surface area (Å²) in [7, 11) is 0. The first-order valence-electron chi connectivity index (χ1n) is 8.22. The summed E-state index contributed by atoms with van der Waals surface area (Å²) in [5.41, 5.74) is 1.32. The van der Waals surface area contributed by atoms with E-state index in [1.165, 1.54) is 17.8 Å². The van der Waals surface area contributed by atoms with Crippen molar-refractivity contribution in [3.8, 4) is 0 Å². The molecule has 2 aromatic carbocycles. The maximum Gasteiger partial charge on any atom is 0.319 e. The van der Waals surface area contributed by atoms with Crippen molar-refractivity contribution < 1.29 is 19.2 Å². The number of carbonyl (C=O) groups excluding carboxylic acids is 2. The molecule has 0 aliphatic heterocycles. The van der Waals surface area contributed by atoms with Crippen LogP contribution in [0.3, 0.4) is 0 Å². The highest BCUT2D eigenvalue weighted by Crippen LogP contribution is 2.30. The molecule has 0 bridgehead atoms. The second kappa shape index (κ2) is 9.18. The topological polar surface area (TPSA) is 98.5 Å². The van der Waals surface area contributed by atoms with Crippen molar-refractivity contribution in [3.05, 3.63) is 63.7 Å². The summed E-state index contributed by atoms with van der Waals surface area (Å²) in [6, 6.07) is 12.3. The number of hydrogen-bond acceptors (Lipinski definition) is 6. The van der Waals surface area contributed by atoms with Gasteiger partial charge >= 0.3 is 5.97 Å². The average molecular weight is 388 g/mol. The number of nitro benzene ring substituents is 1. The van der Waals surface area contributed by atoms with E-state index in [1.807, 2.05) is 30.3 Å². The summed E-state index contributed by atoms with van der Waals surface area (Å²) in [6.07, 6.45) is 0. The summed E-state index contributed by atoms with van der Waals surface area (Å²) >= 11 is 1.32. The Kier molecular flexibility index (Phi) is 6.95. The second-order valence-corrected chi connectivity index (χ2v) is 7.30. The number of carbonyl (C=O) groups is 2. The molecule has 0 unspecified atom stereocenters. The van der Waals surface area contributed by atoms with Gasteiger partial charge < -0.3 is 10.1 Å². The molecule has 0 fully saturated rings. The Hall–Kier alpha value is -2.87. The van der Waals surface area contributed by atoms with E-state index in [2.05, 4.69) is 5.32 Å². The van der Waals surface area contributed by atoms with Gasteiger partial charge in [-0.3, -0.25) is 19.7 Å². The summed E-state index contributed by atoms with van der Waals surface area (Å²) in [5, 5.41) is 13.2. The third-order valence-electron chi connectivity index (χ3n) is 3.91. The number of thioether (sulfide) groups is 1. The molecule has 0 aliphatic rings. The number of ether oxygens (including phenoxy) is 1. The fourth-order valence-electron chi connectivity index (χ4n) is 2.29. The molecule has 0 radical (unpaired) electrons. The van der Waals surface area contributed by atoms with Gasteiger partial charge in [0.15, 0.2) is 6.61 Å². The zero-order valence-electron chi connectivity index (χ0n) is 15.2. The monoisotopic (exact) mass is 388 g/mol. The summed E-state index contributed by atoms with van der Waals surface area (Å²) in [6.45, 7) is 4.65. The van der Waals surface area contributed by atoms with Gasteiger partial charge in [0.1, 0.15) is 10.9 Å². The Bertz CT molecular complexity index is 855. The van der Waals surface area contributed by atoms with Crippen LogP contribution in [0.1, 0.15) is 18.1 Å². The first kappa shape index (κ1) is 20.4. The minimum absolute atomic E-state index is 0.118. The lowest BCUT2D eigenvalue weighted by molar-refractivity contribution is -0.384. The molecule has 1 N–H and O–H groups in total. The minimum Gasteiger partial charge on any atom is -0.455 e. The first-order chi connectivity index (χ1) is 12.8. The largest absolute Gasteiger partial charge is 0.455 e. The SMILES string of the molecule is Cc1ccc([N+](=O)[O-])c(NC(=O)COC(=O)[C@@H](C)Sc2ccccc2)c1C. The highest BCUT2D eigenvalue weighted by atomic mass is 32.2. The molecule has 1 amide bonds. The van der Waals surface area contributed by atoms with Crippen LogP contribution in [0, 0.1) is 24.0 Å². The zero-order chi connectivity index (χ0) is 20.0. The van der Waals surface area contributed by atoms with Crippen molar-refractivity contribution in [1.82, 2.24) is 0 Å². The van der Waals surface area contributed by atoms with Crippen LogP contribution in [0.5, 0.6) is 0 Å². The van der Waals surface area contributed by atoms with Crippen molar-refractivity contribution in [2.75, 3.05) is 11.9 Å². The molecule has 0 heterocycles. The van der Waals surface area contributed by atoms with Gasteiger partial charge in [0, 0.05) is 11.0 Å². The van der Waals surface area contributed by atoms with Gasteiger partial charge in [-0.05, 0) is 44.0 Å². The molecule has 2 rings (SSSR count). The highest BCUT2D eigenvalue weighted by molar-refractivity contribution is 8.00. The molecule has 0 aliphatic carbocycles. The number of nitro groups is 1. The molecule has 7 nitrogen and oxygen atoms in total. The van der Waals surface area contributed by atoms with Gasteiger partial charge in [-0.2, -0.15) is 0 Å². The number of hydrogen-bond donors (Lipinski definition) is 1. The van der Waals surface area contributed by atoms with Crippen LogP contribution in [0.15, 0.2) is 47.4 Å². The fraction of sp³-hybridized carbons (Fsp3) is 0.263. The molecule has 0 saturated heterocycles. The fourth-order valence-corrected chi connectivity index (χ4v) is 3.18. The maximum atomic E-state index is 12.1. The van der Waals surface area contributed by atoms with E-state index >= 15 is 0 Å². The van der Waals surface area contributed by atoms with Crippen molar-refractivity contribution in [1.29, 1.82) is 0 Å². The third kappa shape index (κ3) is 5.55. The highest BCUT2D eigenvalue weighted by Gasteiger charge is 2.21. The molecule has 0 aromatic heterocycles. The van der Waals surface area contributed by atoms with Crippen molar-refractivity contribution in [2.24, 2.45) is 0 Å². The molecule has 8 heteroatoms. The van der Waals surface area contributed by atoms with E-state index in [0.717, 1.165) is 10.5 Å².